The van der Waals surface area contributed by atoms with Gasteiger partial charge in [-0.1, -0.05) is 12.1 Å². The van der Waals surface area contributed by atoms with Crippen molar-refractivity contribution in [3.05, 3.63) is 35.6 Å². The fourth-order valence-corrected chi connectivity index (χ4v) is 3.82. The van der Waals surface area contributed by atoms with E-state index in [9.17, 15) is 14.0 Å². The second-order valence-electron chi connectivity index (χ2n) is 7.67. The van der Waals surface area contributed by atoms with Crippen LogP contribution in [0.1, 0.15) is 43.7 Å². The fourth-order valence-electron chi connectivity index (χ4n) is 3.82. The van der Waals surface area contributed by atoms with E-state index in [1.807, 2.05) is 11.9 Å². The number of carbonyl (C=O) groups is 2. The summed E-state index contributed by atoms with van der Waals surface area (Å²) in [7, 11) is 1.84. The quantitative estimate of drug-likeness (QED) is 0.761. The van der Waals surface area contributed by atoms with Crippen molar-refractivity contribution >= 4 is 11.9 Å². The van der Waals surface area contributed by atoms with Crippen LogP contribution in [0.3, 0.4) is 0 Å². The molecule has 2 fully saturated rings. The Morgan fingerprint density at radius 1 is 1.22 bits per heavy atom. The van der Waals surface area contributed by atoms with E-state index in [-0.39, 0.29) is 30.4 Å². The molecule has 7 heteroatoms. The molecular weight excluding hydrogens is 349 g/mol. The molecule has 1 aliphatic heterocycles. The average molecular weight is 377 g/mol. The Hall–Kier alpha value is -1.99. The molecule has 2 atom stereocenters. The van der Waals surface area contributed by atoms with E-state index in [1.54, 1.807) is 12.1 Å². The number of benzene rings is 1. The lowest BCUT2D eigenvalue weighted by Crippen LogP contribution is -2.42. The van der Waals surface area contributed by atoms with Crippen molar-refractivity contribution in [1.82, 2.24) is 15.1 Å². The molecule has 0 bridgehead atoms. The number of likely N-dealkylation sites (N-methyl/N-ethyl adjacent to an activating group) is 1. The predicted octanol–water partition coefficient (Wildman–Crippen LogP) is 2.02. The third-order valence-electron chi connectivity index (χ3n) is 5.46. The van der Waals surface area contributed by atoms with Gasteiger partial charge in [-0.25, -0.2) is 4.39 Å². The lowest BCUT2D eigenvalue weighted by Gasteiger charge is -2.31. The Balaban J connectivity index is 1.72. The van der Waals surface area contributed by atoms with Crippen molar-refractivity contribution in [1.29, 1.82) is 0 Å². The van der Waals surface area contributed by atoms with Gasteiger partial charge in [0.2, 0.25) is 5.91 Å². The highest BCUT2D eigenvalue weighted by Crippen LogP contribution is 2.28. The van der Waals surface area contributed by atoms with Crippen LogP contribution in [0.15, 0.2) is 24.3 Å². The highest BCUT2D eigenvalue weighted by Gasteiger charge is 2.33. The summed E-state index contributed by atoms with van der Waals surface area (Å²) < 4.78 is 13.4. The van der Waals surface area contributed by atoms with Crippen LogP contribution in [-0.2, 0) is 9.59 Å². The van der Waals surface area contributed by atoms with Gasteiger partial charge in [-0.15, -0.1) is 0 Å². The Kier molecular flexibility index (Phi) is 6.44. The summed E-state index contributed by atoms with van der Waals surface area (Å²) in [5, 5.41) is 12.1. The van der Waals surface area contributed by atoms with Crippen LogP contribution in [0.4, 0.5) is 4.39 Å². The molecule has 2 aliphatic rings. The van der Waals surface area contributed by atoms with Crippen molar-refractivity contribution in [3.8, 4) is 0 Å². The number of nitrogens with zero attached hydrogens (tertiary/aromatic N) is 2. The maximum Gasteiger partial charge on any atom is 0.317 e. The highest BCUT2D eigenvalue weighted by atomic mass is 19.1. The van der Waals surface area contributed by atoms with Crippen LogP contribution in [0.5, 0.6) is 0 Å². The van der Waals surface area contributed by atoms with Crippen LogP contribution in [0, 0.1) is 5.82 Å². The highest BCUT2D eigenvalue weighted by molar-refractivity contribution is 5.83. The third kappa shape index (κ3) is 5.49. The number of carbonyl (C=O) groups excluding carboxylic acids is 1. The predicted molar refractivity (Wildman–Crippen MR) is 99.8 cm³/mol. The number of amides is 1. The molecule has 0 radical (unpaired) electrons. The Labute approximate surface area is 159 Å². The largest absolute Gasteiger partial charge is 0.480 e. The molecule has 0 spiro atoms. The first-order chi connectivity index (χ1) is 12.9. The molecular formula is C20H28FN3O3. The van der Waals surface area contributed by atoms with Crippen LogP contribution in [-0.4, -0.2) is 65.5 Å². The summed E-state index contributed by atoms with van der Waals surface area (Å²) in [5.74, 6) is -1.17. The van der Waals surface area contributed by atoms with Gasteiger partial charge in [0.15, 0.2) is 0 Å². The zero-order valence-electron chi connectivity index (χ0n) is 15.7. The first-order valence-electron chi connectivity index (χ1n) is 9.66. The Bertz CT molecular complexity index is 663. The molecule has 1 aliphatic carbocycles. The number of nitrogens with one attached hydrogen (secondary N) is 1. The van der Waals surface area contributed by atoms with Gasteiger partial charge >= 0.3 is 5.97 Å². The number of halogens is 1. The minimum atomic E-state index is -0.827. The summed E-state index contributed by atoms with van der Waals surface area (Å²) in [4.78, 5) is 27.9. The zero-order valence-corrected chi connectivity index (χ0v) is 15.7. The molecule has 1 aromatic carbocycles. The number of carboxylic acids is 1. The van der Waals surface area contributed by atoms with E-state index >= 15 is 0 Å². The number of aliphatic carboxylic acids is 1. The third-order valence-corrected chi connectivity index (χ3v) is 5.46. The van der Waals surface area contributed by atoms with E-state index in [1.165, 1.54) is 12.1 Å². The minimum absolute atomic E-state index is 0.0220. The summed E-state index contributed by atoms with van der Waals surface area (Å²) in [6, 6.07) is 6.18. The minimum Gasteiger partial charge on any atom is -0.480 e. The number of hydrogen-bond donors (Lipinski definition) is 2. The van der Waals surface area contributed by atoms with Gasteiger partial charge in [0.25, 0.3) is 0 Å². The second kappa shape index (κ2) is 8.80. The molecule has 0 aromatic heterocycles. The first-order valence-corrected chi connectivity index (χ1v) is 9.66. The van der Waals surface area contributed by atoms with Gasteiger partial charge in [-0.3, -0.25) is 19.4 Å². The van der Waals surface area contributed by atoms with Crippen LogP contribution >= 0.6 is 0 Å². The molecule has 3 rings (SSSR count). The lowest BCUT2D eigenvalue weighted by atomic mass is 10.0. The smallest absolute Gasteiger partial charge is 0.317 e. The molecule has 1 saturated carbocycles. The lowest BCUT2D eigenvalue weighted by molar-refractivity contribution is -0.138. The Morgan fingerprint density at radius 2 is 1.93 bits per heavy atom. The van der Waals surface area contributed by atoms with Crippen LogP contribution < -0.4 is 5.32 Å². The Morgan fingerprint density at radius 3 is 2.56 bits per heavy atom. The maximum atomic E-state index is 13.4. The van der Waals surface area contributed by atoms with Gasteiger partial charge in [-0.05, 0) is 63.4 Å². The van der Waals surface area contributed by atoms with Gasteiger partial charge in [0.05, 0.1) is 6.54 Å². The first kappa shape index (κ1) is 19.8. The monoisotopic (exact) mass is 377 g/mol. The summed E-state index contributed by atoms with van der Waals surface area (Å²) in [5.41, 5.74) is 0.798. The normalized spacial score (nSPS) is 22.3. The topological polar surface area (TPSA) is 72.9 Å². The molecule has 1 saturated heterocycles. The van der Waals surface area contributed by atoms with Crippen LogP contribution in [0.2, 0.25) is 0 Å². The van der Waals surface area contributed by atoms with E-state index in [2.05, 4.69) is 10.2 Å². The molecule has 1 heterocycles. The SMILES string of the molecule is CN(CC(=O)O)C1CCCN(C(C(=O)NC2CC2)c2ccc(F)cc2)CC1. The number of likely N-dealkylation sites (tertiary alicyclic amines) is 1. The van der Waals surface area contributed by atoms with E-state index in [4.69, 9.17) is 5.11 Å². The van der Waals surface area contributed by atoms with Crippen molar-refractivity contribution in [2.24, 2.45) is 0 Å². The summed E-state index contributed by atoms with van der Waals surface area (Å²) >= 11 is 0. The number of hydrogen-bond acceptors (Lipinski definition) is 4. The molecule has 2 N–H and O–H groups in total. The molecule has 1 amide bonds. The van der Waals surface area contributed by atoms with Gasteiger partial charge < -0.3 is 10.4 Å². The second-order valence-corrected chi connectivity index (χ2v) is 7.67. The van der Waals surface area contributed by atoms with Gasteiger partial charge in [0.1, 0.15) is 11.9 Å². The standard InChI is InChI=1S/C20H28FN3O3/c1-23(13-18(25)26)17-3-2-11-24(12-10-17)19(20(27)22-16-8-9-16)14-4-6-15(21)7-5-14/h4-7,16-17,19H,2-3,8-13H2,1H3,(H,22,27)(H,25,26). The fraction of sp³-hybridized carbons (Fsp3) is 0.600. The van der Waals surface area contributed by atoms with E-state index in [0.717, 1.165) is 44.2 Å². The molecule has 148 valence electrons. The molecule has 2 unspecified atom stereocenters. The summed E-state index contributed by atoms with van der Waals surface area (Å²) in [6.45, 7) is 1.49. The van der Waals surface area contributed by atoms with Gasteiger partial charge in [-0.2, -0.15) is 0 Å². The molecule has 6 nitrogen and oxygen atoms in total. The molecule has 1 aromatic rings. The van der Waals surface area contributed by atoms with Gasteiger partial charge in [0, 0.05) is 18.6 Å². The number of rotatable bonds is 7. The van der Waals surface area contributed by atoms with E-state index in [0.29, 0.717) is 6.54 Å². The maximum absolute atomic E-state index is 13.4. The van der Waals surface area contributed by atoms with Crippen molar-refractivity contribution in [3.63, 3.8) is 0 Å². The van der Waals surface area contributed by atoms with E-state index < -0.39 is 12.0 Å². The number of carboxylic acid groups (broad SMARTS) is 1. The van der Waals surface area contributed by atoms with Crippen LogP contribution in [0.25, 0.3) is 0 Å². The average Bonchev–Trinajstić information content (AvgIpc) is 3.43. The zero-order chi connectivity index (χ0) is 19.4. The van der Waals surface area contributed by atoms with Crippen molar-refractivity contribution in [2.75, 3.05) is 26.7 Å². The summed E-state index contributed by atoms with van der Waals surface area (Å²) in [6.07, 6.45) is 4.63. The van der Waals surface area contributed by atoms with Crippen molar-refractivity contribution < 1.29 is 19.1 Å². The van der Waals surface area contributed by atoms with Crippen molar-refractivity contribution in [2.45, 2.75) is 50.2 Å². The molecule has 27 heavy (non-hydrogen) atoms.